The minimum atomic E-state index is -5.83. The van der Waals surface area contributed by atoms with E-state index in [2.05, 4.69) is 4.74 Å². The number of rotatable bonds is 4. The Bertz CT molecular complexity index is 524. The zero-order valence-corrected chi connectivity index (χ0v) is 12.3. The smallest absolute Gasteiger partial charge is 0.457 e. The van der Waals surface area contributed by atoms with Gasteiger partial charge in [-0.05, 0) is 44.4 Å². The molecule has 2 atom stereocenters. The van der Waals surface area contributed by atoms with Gasteiger partial charge in [0.1, 0.15) is 6.10 Å². The molecule has 21 heavy (non-hydrogen) atoms. The fourth-order valence-electron chi connectivity index (χ4n) is 3.28. The first-order valence-electron chi connectivity index (χ1n) is 6.73. The number of hydrogen-bond acceptors (Lipinski definition) is 5. The minimum absolute atomic E-state index is 0.0366. The number of halogens is 2. The summed E-state index contributed by atoms with van der Waals surface area (Å²) in [5, 5.41) is 5.21. The van der Waals surface area contributed by atoms with Gasteiger partial charge in [0.2, 0.25) is 0 Å². The van der Waals surface area contributed by atoms with E-state index in [9.17, 15) is 27.1 Å². The molecule has 6 nitrogen and oxygen atoms in total. The molecule has 2 saturated carbocycles. The summed E-state index contributed by atoms with van der Waals surface area (Å²) in [5.41, 5.74) is -0.794. The Kier molecular flexibility index (Phi) is 4.05. The number of carbonyl (C=O) groups is 1. The van der Waals surface area contributed by atoms with Gasteiger partial charge in [0.15, 0.2) is 0 Å². The zero-order valence-electron chi connectivity index (χ0n) is 11.5. The van der Waals surface area contributed by atoms with Crippen molar-refractivity contribution in [1.29, 1.82) is 0 Å². The lowest BCUT2D eigenvalue weighted by Crippen LogP contribution is -2.47. The van der Waals surface area contributed by atoms with Gasteiger partial charge in [-0.2, -0.15) is 17.2 Å². The molecule has 0 aromatic carbocycles. The van der Waals surface area contributed by atoms with Crippen molar-refractivity contribution in [2.24, 2.45) is 11.8 Å². The summed E-state index contributed by atoms with van der Waals surface area (Å²) in [6.45, 7) is 1.73. The molecule has 2 aliphatic rings. The monoisotopic (exact) mass is 328 g/mol. The molecule has 0 aromatic rings. The van der Waals surface area contributed by atoms with Crippen LogP contribution < -0.4 is 0 Å². The van der Waals surface area contributed by atoms with Gasteiger partial charge in [-0.3, -0.25) is 4.55 Å². The number of ether oxygens (including phenoxy) is 1. The van der Waals surface area contributed by atoms with E-state index in [1.807, 2.05) is 0 Å². The topological polar surface area (TPSA) is 101 Å². The van der Waals surface area contributed by atoms with Crippen LogP contribution in [-0.2, 0) is 19.6 Å². The highest BCUT2D eigenvalue weighted by molar-refractivity contribution is 7.87. The molecule has 0 spiro atoms. The lowest BCUT2D eigenvalue weighted by Gasteiger charge is -2.42. The minimum Gasteiger partial charge on any atom is -0.457 e. The first-order valence-corrected chi connectivity index (χ1v) is 8.17. The maximum absolute atomic E-state index is 13.0. The molecule has 0 radical (unpaired) electrons. The molecule has 0 bridgehead atoms. The van der Waals surface area contributed by atoms with E-state index in [-0.39, 0.29) is 11.8 Å². The van der Waals surface area contributed by atoms with Gasteiger partial charge in [0, 0.05) is 0 Å². The van der Waals surface area contributed by atoms with Gasteiger partial charge in [0.25, 0.3) is 0 Å². The summed E-state index contributed by atoms with van der Waals surface area (Å²) in [6, 6.07) is 0. The Morgan fingerprint density at radius 1 is 1.38 bits per heavy atom. The standard InChI is InChI=1S/C12H18F2O6S/c1-11(16)4-2-3-9(11)7-5-8(6-7)20-10(15)12(13,14)21(17,18)19/h7-9,16H,2-6H2,1H3,(H,17,18,19). The summed E-state index contributed by atoms with van der Waals surface area (Å²) in [6.07, 6.45) is 2.23. The van der Waals surface area contributed by atoms with E-state index in [0.717, 1.165) is 12.8 Å². The van der Waals surface area contributed by atoms with Crippen LogP contribution in [0.5, 0.6) is 0 Å². The van der Waals surface area contributed by atoms with Crippen LogP contribution in [0.15, 0.2) is 0 Å². The van der Waals surface area contributed by atoms with Crippen molar-refractivity contribution in [1.82, 2.24) is 0 Å². The van der Waals surface area contributed by atoms with E-state index < -0.39 is 33.0 Å². The first-order chi connectivity index (χ1) is 9.45. The van der Waals surface area contributed by atoms with E-state index in [4.69, 9.17) is 4.55 Å². The van der Waals surface area contributed by atoms with Gasteiger partial charge in [0.05, 0.1) is 5.60 Å². The Labute approximate surface area is 121 Å². The highest BCUT2D eigenvalue weighted by Crippen LogP contribution is 2.48. The molecule has 2 aliphatic carbocycles. The Balaban J connectivity index is 1.88. The van der Waals surface area contributed by atoms with Gasteiger partial charge in [-0.1, -0.05) is 6.42 Å². The van der Waals surface area contributed by atoms with Crippen LogP contribution in [0.25, 0.3) is 0 Å². The Morgan fingerprint density at radius 2 is 1.95 bits per heavy atom. The van der Waals surface area contributed by atoms with Crippen LogP contribution >= 0.6 is 0 Å². The number of esters is 1. The summed E-state index contributed by atoms with van der Waals surface area (Å²) in [7, 11) is -5.83. The molecule has 0 heterocycles. The Morgan fingerprint density at radius 3 is 2.38 bits per heavy atom. The van der Waals surface area contributed by atoms with E-state index >= 15 is 0 Å². The van der Waals surface area contributed by atoms with Gasteiger partial charge >= 0.3 is 21.3 Å². The van der Waals surface area contributed by atoms with Crippen LogP contribution in [0, 0.1) is 11.8 Å². The summed E-state index contributed by atoms with van der Waals surface area (Å²) in [4.78, 5) is 11.1. The van der Waals surface area contributed by atoms with Crippen molar-refractivity contribution in [3.63, 3.8) is 0 Å². The van der Waals surface area contributed by atoms with Crippen LogP contribution in [-0.4, -0.2) is 41.0 Å². The summed E-state index contributed by atoms with van der Waals surface area (Å²) < 4.78 is 59.6. The van der Waals surface area contributed by atoms with Crippen LogP contribution in [0.3, 0.4) is 0 Å². The quantitative estimate of drug-likeness (QED) is 0.596. The van der Waals surface area contributed by atoms with E-state index in [0.29, 0.717) is 19.3 Å². The second kappa shape index (κ2) is 5.13. The molecule has 0 saturated heterocycles. The highest BCUT2D eigenvalue weighted by atomic mass is 32.2. The van der Waals surface area contributed by atoms with Crippen molar-refractivity contribution in [2.45, 2.75) is 56.0 Å². The third kappa shape index (κ3) is 3.04. The van der Waals surface area contributed by atoms with Crippen molar-refractivity contribution in [3.8, 4) is 0 Å². The van der Waals surface area contributed by atoms with E-state index in [1.165, 1.54) is 0 Å². The zero-order chi connectivity index (χ0) is 16.1. The molecular formula is C12H18F2O6S. The average Bonchev–Trinajstić information content (AvgIpc) is 2.60. The normalized spacial score (nSPS) is 37.1. The largest absolute Gasteiger partial charge is 0.465 e. The predicted octanol–water partition coefficient (Wildman–Crippen LogP) is 1.34. The summed E-state index contributed by atoms with van der Waals surface area (Å²) in [5.74, 6) is -2.15. The highest BCUT2D eigenvalue weighted by Gasteiger charge is 2.56. The number of alkyl halides is 2. The summed E-state index contributed by atoms with van der Waals surface area (Å²) >= 11 is 0. The number of aliphatic hydroxyl groups is 1. The van der Waals surface area contributed by atoms with Gasteiger partial charge in [-0.15, -0.1) is 0 Å². The van der Waals surface area contributed by atoms with Gasteiger partial charge < -0.3 is 9.84 Å². The van der Waals surface area contributed by atoms with E-state index in [1.54, 1.807) is 6.92 Å². The number of carbonyl (C=O) groups excluding carboxylic acids is 1. The lowest BCUT2D eigenvalue weighted by molar-refractivity contribution is -0.176. The fourth-order valence-corrected chi connectivity index (χ4v) is 3.53. The molecule has 0 aliphatic heterocycles. The maximum Gasteiger partial charge on any atom is 0.465 e. The Hall–Kier alpha value is -0.800. The third-order valence-corrected chi connectivity index (χ3v) is 5.35. The van der Waals surface area contributed by atoms with Crippen LogP contribution in [0.4, 0.5) is 8.78 Å². The third-order valence-electron chi connectivity index (χ3n) is 4.53. The molecule has 2 rings (SSSR count). The molecule has 0 aromatic heterocycles. The van der Waals surface area contributed by atoms with Crippen molar-refractivity contribution in [3.05, 3.63) is 0 Å². The molecule has 2 fully saturated rings. The maximum atomic E-state index is 13.0. The molecule has 122 valence electrons. The van der Waals surface area contributed by atoms with Crippen LogP contribution in [0.1, 0.15) is 39.0 Å². The first kappa shape index (κ1) is 16.6. The molecule has 0 amide bonds. The molecule has 2 N–H and O–H groups in total. The SMILES string of the molecule is CC1(O)CCCC1C1CC(OC(=O)C(F)(F)S(=O)(=O)O)C1. The molecule has 9 heteroatoms. The average molecular weight is 328 g/mol. The molecular weight excluding hydrogens is 310 g/mol. The second-order valence-corrected chi connectivity index (χ2v) is 7.57. The second-order valence-electron chi connectivity index (χ2n) is 6.11. The van der Waals surface area contributed by atoms with Crippen molar-refractivity contribution < 1.29 is 36.4 Å². The van der Waals surface area contributed by atoms with Crippen molar-refractivity contribution in [2.75, 3.05) is 0 Å². The number of hydrogen-bond donors (Lipinski definition) is 2. The molecule has 2 unspecified atom stereocenters. The predicted molar refractivity (Wildman–Crippen MR) is 67.1 cm³/mol. The van der Waals surface area contributed by atoms with Crippen molar-refractivity contribution >= 4 is 16.1 Å². The lowest BCUT2D eigenvalue weighted by atomic mass is 9.69. The van der Waals surface area contributed by atoms with Gasteiger partial charge in [-0.25, -0.2) is 4.79 Å². The fraction of sp³-hybridized carbons (Fsp3) is 0.917. The van der Waals surface area contributed by atoms with Crippen LogP contribution in [0.2, 0.25) is 0 Å².